The van der Waals surface area contributed by atoms with Crippen molar-refractivity contribution >= 4 is 6.09 Å². The van der Waals surface area contributed by atoms with E-state index in [2.05, 4.69) is 18.7 Å². The maximum absolute atomic E-state index is 12.7. The summed E-state index contributed by atoms with van der Waals surface area (Å²) in [6.07, 6.45) is 1.88. The fourth-order valence-electron chi connectivity index (χ4n) is 2.95. The molecule has 0 unspecified atom stereocenters. The lowest BCUT2D eigenvalue weighted by Gasteiger charge is -2.35. The summed E-state index contributed by atoms with van der Waals surface area (Å²) < 4.78 is 11.6. The summed E-state index contributed by atoms with van der Waals surface area (Å²) in [5.41, 5.74) is -0.128. The van der Waals surface area contributed by atoms with E-state index in [0.29, 0.717) is 6.42 Å². The number of carbonyl (C=O) groups is 1. The second-order valence-electron chi connectivity index (χ2n) is 7.37. The molecule has 1 aromatic rings. The van der Waals surface area contributed by atoms with E-state index in [1.165, 1.54) is 0 Å². The van der Waals surface area contributed by atoms with E-state index < -0.39 is 11.3 Å². The fraction of sp³-hybridized carbons (Fsp3) is 0.526. The number of nitrogens with zero attached hydrogens (tertiary/aromatic N) is 1. The number of benzene rings is 1. The highest BCUT2D eigenvalue weighted by Crippen LogP contribution is 2.35. The van der Waals surface area contributed by atoms with Crippen molar-refractivity contribution in [3.05, 3.63) is 48.6 Å². The smallest absolute Gasteiger partial charge is 0.412 e. The molecule has 0 radical (unpaired) electrons. The summed E-state index contributed by atoms with van der Waals surface area (Å²) in [5, 5.41) is 0. The highest BCUT2D eigenvalue weighted by Gasteiger charge is 2.50. The molecule has 1 aromatic carbocycles. The van der Waals surface area contributed by atoms with Gasteiger partial charge in [-0.1, -0.05) is 36.4 Å². The van der Waals surface area contributed by atoms with Gasteiger partial charge in [-0.3, -0.25) is 4.90 Å². The number of ether oxygens (including phenoxy) is 2. The van der Waals surface area contributed by atoms with Gasteiger partial charge in [0.05, 0.1) is 12.1 Å². The third-order valence-electron chi connectivity index (χ3n) is 3.83. The quantitative estimate of drug-likeness (QED) is 0.786. The highest BCUT2D eigenvalue weighted by atomic mass is 16.6. The first kappa shape index (κ1) is 17.5. The van der Waals surface area contributed by atoms with Crippen LogP contribution in [0, 0.1) is 0 Å². The van der Waals surface area contributed by atoms with Crippen molar-refractivity contribution in [2.45, 2.75) is 64.5 Å². The first-order valence-electron chi connectivity index (χ1n) is 8.01. The topological polar surface area (TPSA) is 38.8 Å². The van der Waals surface area contributed by atoms with E-state index >= 15 is 0 Å². The second-order valence-corrected chi connectivity index (χ2v) is 7.37. The normalized spacial score (nSPS) is 23.6. The zero-order chi connectivity index (χ0) is 17.3. The molecule has 0 saturated carbocycles. The molecule has 1 aliphatic rings. The van der Waals surface area contributed by atoms with Crippen LogP contribution in [0.2, 0.25) is 0 Å². The molecule has 2 rings (SSSR count). The molecule has 126 valence electrons. The van der Waals surface area contributed by atoms with Gasteiger partial charge in [-0.15, -0.1) is 6.58 Å². The molecule has 0 aliphatic carbocycles. The maximum atomic E-state index is 12.7. The van der Waals surface area contributed by atoms with Gasteiger partial charge in [0.25, 0.3) is 0 Å². The molecule has 1 heterocycles. The zero-order valence-corrected chi connectivity index (χ0v) is 14.7. The predicted molar refractivity (Wildman–Crippen MR) is 91.2 cm³/mol. The van der Waals surface area contributed by atoms with Crippen LogP contribution in [0.15, 0.2) is 43.0 Å². The first-order valence-corrected chi connectivity index (χ1v) is 8.01. The monoisotopic (exact) mass is 317 g/mol. The minimum absolute atomic E-state index is 0.139. The Kier molecular flexibility index (Phi) is 4.85. The molecular weight excluding hydrogens is 290 g/mol. The van der Waals surface area contributed by atoms with Crippen molar-refractivity contribution < 1.29 is 14.3 Å². The van der Waals surface area contributed by atoms with Crippen LogP contribution in [0.3, 0.4) is 0 Å². The van der Waals surface area contributed by atoms with Gasteiger partial charge >= 0.3 is 6.09 Å². The van der Waals surface area contributed by atoms with E-state index in [0.717, 1.165) is 5.56 Å². The Labute approximate surface area is 139 Å². The van der Waals surface area contributed by atoms with Crippen LogP contribution in [-0.2, 0) is 15.9 Å². The third kappa shape index (κ3) is 4.14. The average molecular weight is 317 g/mol. The van der Waals surface area contributed by atoms with Crippen molar-refractivity contribution in [3.8, 4) is 0 Å². The minimum atomic E-state index is -0.735. The second kappa shape index (κ2) is 6.36. The van der Waals surface area contributed by atoms with Crippen molar-refractivity contribution in [2.24, 2.45) is 0 Å². The van der Waals surface area contributed by atoms with Gasteiger partial charge in [-0.05, 0) is 46.6 Å². The molecular formula is C19H27NO3. The van der Waals surface area contributed by atoms with Crippen molar-refractivity contribution in [1.82, 2.24) is 4.90 Å². The van der Waals surface area contributed by atoms with Gasteiger partial charge < -0.3 is 9.47 Å². The summed E-state index contributed by atoms with van der Waals surface area (Å²) in [7, 11) is 0. The molecule has 0 N–H and O–H groups in total. The molecule has 4 heteroatoms. The highest BCUT2D eigenvalue weighted by molar-refractivity contribution is 5.70. The standard InChI is InChI=1S/C19H27NO3/c1-7-16-15(13-14-11-9-8-10-12-14)20(19(5,6)22-16)17(21)23-18(2,3)4/h7-12,15-16H,1,13H2,2-6H3/t15-,16-/m0/s1. The van der Waals surface area contributed by atoms with Crippen LogP contribution >= 0.6 is 0 Å². The largest absolute Gasteiger partial charge is 0.444 e. The van der Waals surface area contributed by atoms with Crippen LogP contribution in [-0.4, -0.2) is 34.5 Å². The number of rotatable bonds is 3. The van der Waals surface area contributed by atoms with Crippen molar-refractivity contribution in [3.63, 3.8) is 0 Å². The summed E-state index contributed by atoms with van der Waals surface area (Å²) in [4.78, 5) is 14.4. The molecule has 0 spiro atoms. The summed E-state index contributed by atoms with van der Waals surface area (Å²) in [5.74, 6) is 0. The van der Waals surface area contributed by atoms with Gasteiger partial charge in [-0.25, -0.2) is 4.79 Å². The molecule has 0 aromatic heterocycles. The molecule has 23 heavy (non-hydrogen) atoms. The maximum Gasteiger partial charge on any atom is 0.412 e. The van der Waals surface area contributed by atoms with E-state index in [9.17, 15) is 4.79 Å². The summed E-state index contributed by atoms with van der Waals surface area (Å²) >= 11 is 0. The van der Waals surface area contributed by atoms with E-state index in [1.54, 1.807) is 11.0 Å². The van der Waals surface area contributed by atoms with Crippen molar-refractivity contribution in [2.75, 3.05) is 0 Å². The van der Waals surface area contributed by atoms with E-state index in [4.69, 9.17) is 9.47 Å². The van der Waals surface area contributed by atoms with Crippen LogP contribution in [0.25, 0.3) is 0 Å². The van der Waals surface area contributed by atoms with Gasteiger partial charge in [0, 0.05) is 0 Å². The number of hydrogen-bond donors (Lipinski definition) is 0. The van der Waals surface area contributed by atoms with Gasteiger partial charge in [-0.2, -0.15) is 0 Å². The van der Waals surface area contributed by atoms with Crippen LogP contribution in [0.1, 0.15) is 40.2 Å². The molecule has 1 saturated heterocycles. The molecule has 2 atom stereocenters. The predicted octanol–water partition coefficient (Wildman–Crippen LogP) is 4.16. The van der Waals surface area contributed by atoms with E-state index in [1.807, 2.05) is 52.8 Å². The van der Waals surface area contributed by atoms with Crippen LogP contribution in [0.5, 0.6) is 0 Å². The fourth-order valence-corrected chi connectivity index (χ4v) is 2.95. The number of amides is 1. The minimum Gasteiger partial charge on any atom is -0.444 e. The lowest BCUT2D eigenvalue weighted by molar-refractivity contribution is -0.0715. The van der Waals surface area contributed by atoms with Gasteiger partial charge in [0.1, 0.15) is 11.3 Å². The molecule has 4 nitrogen and oxygen atoms in total. The van der Waals surface area contributed by atoms with Gasteiger partial charge in [0.15, 0.2) is 0 Å². The van der Waals surface area contributed by atoms with Crippen LogP contribution < -0.4 is 0 Å². The summed E-state index contributed by atoms with van der Waals surface area (Å²) in [6.45, 7) is 13.2. The van der Waals surface area contributed by atoms with E-state index in [-0.39, 0.29) is 18.2 Å². The Morgan fingerprint density at radius 3 is 2.48 bits per heavy atom. The molecule has 1 amide bonds. The number of hydrogen-bond acceptors (Lipinski definition) is 3. The Bertz CT molecular complexity index is 560. The average Bonchev–Trinajstić information content (AvgIpc) is 2.68. The zero-order valence-electron chi connectivity index (χ0n) is 14.7. The Hall–Kier alpha value is -1.81. The molecule has 1 aliphatic heterocycles. The Morgan fingerprint density at radius 1 is 1.35 bits per heavy atom. The van der Waals surface area contributed by atoms with Gasteiger partial charge in [0.2, 0.25) is 0 Å². The molecule has 0 bridgehead atoms. The SMILES string of the molecule is C=C[C@@H]1OC(C)(C)N(C(=O)OC(C)(C)C)[C@H]1Cc1ccccc1. The lowest BCUT2D eigenvalue weighted by atomic mass is 10.0. The van der Waals surface area contributed by atoms with Crippen molar-refractivity contribution in [1.29, 1.82) is 0 Å². The van der Waals surface area contributed by atoms with Crippen LogP contribution in [0.4, 0.5) is 4.79 Å². The Balaban J connectivity index is 2.29. The third-order valence-corrected chi connectivity index (χ3v) is 3.83. The number of carbonyl (C=O) groups excluding carboxylic acids is 1. The first-order chi connectivity index (χ1) is 10.6. The summed E-state index contributed by atoms with van der Waals surface area (Å²) in [6, 6.07) is 9.94. The molecule has 1 fully saturated rings. The Morgan fingerprint density at radius 2 is 1.96 bits per heavy atom. The lowest BCUT2D eigenvalue weighted by Crippen LogP contribution is -2.50.